The topological polar surface area (TPSA) is 78.3 Å². The lowest BCUT2D eigenvalue weighted by atomic mass is 10.2. The number of pyridine rings is 1. The zero-order chi connectivity index (χ0) is 19.7. The van der Waals surface area contributed by atoms with Crippen LogP contribution in [0.4, 0.5) is 5.69 Å². The largest absolute Gasteiger partial charge is 0.368 e. The SMILES string of the molecule is C=C(/C=C\c1ncc(C)[nH]1)c1cc(=O)n2cc(N3CCN[C@@H](C)C3)ccc2n1. The maximum Gasteiger partial charge on any atom is 0.258 e. The number of nitrogens with zero attached hydrogens (tertiary/aromatic N) is 4. The van der Waals surface area contributed by atoms with Gasteiger partial charge in [-0.15, -0.1) is 0 Å². The van der Waals surface area contributed by atoms with Crippen molar-refractivity contribution < 1.29 is 0 Å². The van der Waals surface area contributed by atoms with Gasteiger partial charge in [-0.1, -0.05) is 6.58 Å². The fourth-order valence-corrected chi connectivity index (χ4v) is 3.39. The minimum absolute atomic E-state index is 0.117. The number of H-pyrrole nitrogens is 1. The number of hydrogen-bond acceptors (Lipinski definition) is 5. The molecule has 0 amide bonds. The zero-order valence-electron chi connectivity index (χ0n) is 16.1. The fraction of sp³-hybridized carbons (Fsp3) is 0.286. The third kappa shape index (κ3) is 3.75. The molecule has 4 heterocycles. The lowest BCUT2D eigenvalue weighted by molar-refractivity contribution is 0.484. The van der Waals surface area contributed by atoms with Crippen molar-refractivity contribution in [2.75, 3.05) is 24.5 Å². The number of aryl methyl sites for hydroxylation is 1. The minimum Gasteiger partial charge on any atom is -0.368 e. The summed E-state index contributed by atoms with van der Waals surface area (Å²) in [6, 6.07) is 5.86. The molecule has 1 atom stereocenters. The highest BCUT2D eigenvalue weighted by Crippen LogP contribution is 2.18. The number of piperazine rings is 1. The summed E-state index contributed by atoms with van der Waals surface area (Å²) in [6.07, 6.45) is 7.27. The summed E-state index contributed by atoms with van der Waals surface area (Å²) >= 11 is 0. The van der Waals surface area contributed by atoms with Crippen LogP contribution in [0.2, 0.25) is 0 Å². The Bertz CT molecular complexity index is 1110. The fourth-order valence-electron chi connectivity index (χ4n) is 3.39. The van der Waals surface area contributed by atoms with E-state index in [2.05, 4.69) is 38.7 Å². The standard InChI is InChI=1S/C21H24N6O/c1-14(4-6-19-23-11-15(2)24-19)18-10-21(28)27-13-17(5-7-20(27)25-18)26-9-8-22-16(3)12-26/h4-7,10-11,13,16,22H,1,8-9,12H2,2-3H3,(H,23,24)/b6-4-/t16-/m0/s1. The highest BCUT2D eigenvalue weighted by Gasteiger charge is 2.16. The van der Waals surface area contributed by atoms with Crippen LogP contribution in [0.15, 0.2) is 48.0 Å². The molecule has 1 aliphatic heterocycles. The Kier molecular flexibility index (Phi) is 4.83. The van der Waals surface area contributed by atoms with E-state index in [0.29, 0.717) is 23.0 Å². The Balaban J connectivity index is 1.61. The van der Waals surface area contributed by atoms with E-state index in [1.807, 2.05) is 37.4 Å². The monoisotopic (exact) mass is 376 g/mol. The van der Waals surface area contributed by atoms with Gasteiger partial charge in [0.05, 0.1) is 11.4 Å². The summed E-state index contributed by atoms with van der Waals surface area (Å²) in [4.78, 5) is 26.9. The van der Waals surface area contributed by atoms with E-state index in [1.165, 1.54) is 6.07 Å². The van der Waals surface area contributed by atoms with E-state index in [1.54, 1.807) is 10.6 Å². The molecule has 3 aromatic heterocycles. The first kappa shape index (κ1) is 18.2. The number of allylic oxidation sites excluding steroid dienone is 2. The lowest BCUT2D eigenvalue weighted by Gasteiger charge is -2.33. The molecule has 144 valence electrons. The normalized spacial score (nSPS) is 17.5. The van der Waals surface area contributed by atoms with Crippen LogP contribution in [0.3, 0.4) is 0 Å². The van der Waals surface area contributed by atoms with Gasteiger partial charge in [0.25, 0.3) is 5.56 Å². The number of anilines is 1. The van der Waals surface area contributed by atoms with Gasteiger partial charge in [-0.2, -0.15) is 0 Å². The first-order chi connectivity index (χ1) is 13.5. The second kappa shape index (κ2) is 7.44. The number of aromatic amines is 1. The van der Waals surface area contributed by atoms with Gasteiger partial charge in [-0.3, -0.25) is 9.20 Å². The number of aromatic nitrogens is 4. The zero-order valence-corrected chi connectivity index (χ0v) is 16.1. The molecule has 28 heavy (non-hydrogen) atoms. The molecular weight excluding hydrogens is 352 g/mol. The lowest BCUT2D eigenvalue weighted by Crippen LogP contribution is -2.49. The molecule has 3 aromatic rings. The van der Waals surface area contributed by atoms with Gasteiger partial charge < -0.3 is 15.2 Å². The van der Waals surface area contributed by atoms with Gasteiger partial charge in [0, 0.05) is 49.8 Å². The maximum absolute atomic E-state index is 12.7. The van der Waals surface area contributed by atoms with Crippen molar-refractivity contribution in [3.63, 3.8) is 0 Å². The second-order valence-electron chi connectivity index (χ2n) is 7.21. The molecule has 0 saturated carbocycles. The smallest absolute Gasteiger partial charge is 0.258 e. The number of imidazole rings is 1. The maximum atomic E-state index is 12.7. The van der Waals surface area contributed by atoms with Crippen LogP contribution in [-0.4, -0.2) is 45.0 Å². The van der Waals surface area contributed by atoms with Crippen LogP contribution < -0.4 is 15.8 Å². The van der Waals surface area contributed by atoms with Gasteiger partial charge in [-0.25, -0.2) is 9.97 Å². The molecule has 0 unspecified atom stereocenters. The number of hydrogen-bond donors (Lipinski definition) is 2. The molecule has 0 spiro atoms. The third-order valence-electron chi connectivity index (χ3n) is 4.87. The molecular formula is C21H24N6O. The summed E-state index contributed by atoms with van der Waals surface area (Å²) < 4.78 is 1.60. The van der Waals surface area contributed by atoms with Crippen molar-refractivity contribution in [3.8, 4) is 0 Å². The molecule has 0 aromatic carbocycles. The number of fused-ring (bicyclic) bond motifs is 1. The molecule has 4 rings (SSSR count). The summed E-state index contributed by atoms with van der Waals surface area (Å²) in [5, 5.41) is 3.43. The summed E-state index contributed by atoms with van der Waals surface area (Å²) in [6.45, 7) is 10.9. The number of nitrogens with one attached hydrogen (secondary N) is 2. The van der Waals surface area contributed by atoms with Crippen molar-refractivity contribution in [1.82, 2.24) is 24.7 Å². The Morgan fingerprint density at radius 1 is 1.39 bits per heavy atom. The molecule has 0 aliphatic carbocycles. The molecule has 2 N–H and O–H groups in total. The quantitative estimate of drug-likeness (QED) is 0.683. The van der Waals surface area contributed by atoms with Crippen LogP contribution in [0.25, 0.3) is 17.3 Å². The van der Waals surface area contributed by atoms with E-state index < -0.39 is 0 Å². The van der Waals surface area contributed by atoms with Crippen molar-refractivity contribution in [1.29, 1.82) is 0 Å². The molecule has 1 aliphatic rings. The predicted molar refractivity (Wildman–Crippen MR) is 113 cm³/mol. The van der Waals surface area contributed by atoms with Crippen molar-refractivity contribution in [2.24, 2.45) is 0 Å². The van der Waals surface area contributed by atoms with Gasteiger partial charge in [0.2, 0.25) is 0 Å². The first-order valence-corrected chi connectivity index (χ1v) is 9.40. The van der Waals surface area contributed by atoms with E-state index in [0.717, 1.165) is 36.8 Å². The average Bonchev–Trinajstić information content (AvgIpc) is 3.11. The first-order valence-electron chi connectivity index (χ1n) is 9.40. The van der Waals surface area contributed by atoms with Crippen LogP contribution in [0.1, 0.15) is 24.1 Å². The molecule has 7 heteroatoms. The van der Waals surface area contributed by atoms with E-state index in [4.69, 9.17) is 0 Å². The van der Waals surface area contributed by atoms with Gasteiger partial charge >= 0.3 is 0 Å². The Morgan fingerprint density at radius 2 is 2.25 bits per heavy atom. The van der Waals surface area contributed by atoms with E-state index >= 15 is 0 Å². The Morgan fingerprint density at radius 3 is 3.00 bits per heavy atom. The molecule has 0 bridgehead atoms. The highest BCUT2D eigenvalue weighted by molar-refractivity contribution is 5.75. The van der Waals surface area contributed by atoms with Crippen LogP contribution >= 0.6 is 0 Å². The van der Waals surface area contributed by atoms with Crippen molar-refractivity contribution in [2.45, 2.75) is 19.9 Å². The summed E-state index contributed by atoms with van der Waals surface area (Å²) in [5.74, 6) is 0.742. The predicted octanol–water partition coefficient (Wildman–Crippen LogP) is 2.25. The van der Waals surface area contributed by atoms with Crippen LogP contribution in [0, 0.1) is 6.92 Å². The second-order valence-corrected chi connectivity index (χ2v) is 7.21. The molecule has 1 saturated heterocycles. The molecule has 7 nitrogen and oxygen atoms in total. The molecule has 0 radical (unpaired) electrons. The van der Waals surface area contributed by atoms with Crippen LogP contribution in [-0.2, 0) is 0 Å². The van der Waals surface area contributed by atoms with E-state index in [-0.39, 0.29) is 5.56 Å². The average molecular weight is 376 g/mol. The van der Waals surface area contributed by atoms with Crippen molar-refractivity contribution >= 4 is 23.0 Å². The van der Waals surface area contributed by atoms with Gasteiger partial charge in [0.15, 0.2) is 0 Å². The number of rotatable bonds is 4. The van der Waals surface area contributed by atoms with E-state index in [9.17, 15) is 4.79 Å². The van der Waals surface area contributed by atoms with Gasteiger partial charge in [0.1, 0.15) is 11.5 Å². The Labute approximate surface area is 163 Å². The summed E-state index contributed by atoms with van der Waals surface area (Å²) in [5.41, 5.74) is 3.74. The minimum atomic E-state index is -0.117. The van der Waals surface area contributed by atoms with Crippen molar-refractivity contribution in [3.05, 3.63) is 70.8 Å². The highest BCUT2D eigenvalue weighted by atomic mass is 16.1. The third-order valence-corrected chi connectivity index (χ3v) is 4.87. The van der Waals surface area contributed by atoms with Crippen LogP contribution in [0.5, 0.6) is 0 Å². The summed E-state index contributed by atoms with van der Waals surface area (Å²) in [7, 11) is 0. The van der Waals surface area contributed by atoms with Gasteiger partial charge in [-0.05, 0) is 43.7 Å². The molecule has 1 fully saturated rings. The Hall–Kier alpha value is -3.19.